The number of rotatable bonds is 5. The summed E-state index contributed by atoms with van der Waals surface area (Å²) in [6, 6.07) is 20.5. The van der Waals surface area contributed by atoms with Crippen LogP contribution in [0.15, 0.2) is 65.2 Å². The van der Waals surface area contributed by atoms with Crippen LogP contribution in [0.3, 0.4) is 0 Å². The number of urea groups is 1. The summed E-state index contributed by atoms with van der Waals surface area (Å²) in [6.07, 6.45) is 0.928. The quantitative estimate of drug-likeness (QED) is 0.671. The highest BCUT2D eigenvalue weighted by atomic mass is 16.5. The third kappa shape index (κ3) is 4.12. The highest BCUT2D eigenvalue weighted by molar-refractivity contribution is 5.74. The highest BCUT2D eigenvalue weighted by Gasteiger charge is 2.54. The first-order valence-electron chi connectivity index (χ1n) is 11.3. The zero-order chi connectivity index (χ0) is 22.0. The molecule has 166 valence electrons. The molecule has 2 aliphatic rings. The van der Waals surface area contributed by atoms with Gasteiger partial charge in [-0.2, -0.15) is 4.98 Å². The molecule has 32 heavy (non-hydrogen) atoms. The van der Waals surface area contributed by atoms with Crippen LogP contribution in [0.5, 0.6) is 0 Å². The van der Waals surface area contributed by atoms with Crippen LogP contribution in [0.2, 0.25) is 0 Å². The number of piperidine rings is 1. The standard InChI is InChI=1S/C25H29N5O2/c1-19-27-23(28-32-19)25-17-29(15-21-10-6-3-7-11-21)16-22(25)12-13-30(18-25)24(31)26-14-20-8-4-2-5-9-20/h2-11,22H,12-18H2,1H3,(H,26,31)/t22-,25+/m0/s1. The maximum atomic E-state index is 13.0. The molecule has 0 bridgehead atoms. The van der Waals surface area contributed by atoms with Crippen molar-refractivity contribution < 1.29 is 9.32 Å². The molecular formula is C25H29N5O2. The number of hydrogen-bond donors (Lipinski definition) is 1. The van der Waals surface area contributed by atoms with Crippen LogP contribution in [0.4, 0.5) is 4.79 Å². The fourth-order valence-electron chi connectivity index (χ4n) is 5.20. The van der Waals surface area contributed by atoms with Gasteiger partial charge in [-0.1, -0.05) is 65.8 Å². The van der Waals surface area contributed by atoms with Gasteiger partial charge in [0, 0.05) is 46.2 Å². The van der Waals surface area contributed by atoms with Gasteiger partial charge in [0.1, 0.15) is 0 Å². The van der Waals surface area contributed by atoms with Crippen molar-refractivity contribution in [2.75, 3.05) is 26.2 Å². The van der Waals surface area contributed by atoms with E-state index in [0.29, 0.717) is 24.9 Å². The van der Waals surface area contributed by atoms with Crippen LogP contribution in [0.25, 0.3) is 0 Å². The monoisotopic (exact) mass is 431 g/mol. The smallest absolute Gasteiger partial charge is 0.317 e. The summed E-state index contributed by atoms with van der Waals surface area (Å²) in [5.41, 5.74) is 2.08. The van der Waals surface area contributed by atoms with Crippen molar-refractivity contribution in [2.45, 2.75) is 31.8 Å². The lowest BCUT2D eigenvalue weighted by atomic mass is 9.72. The van der Waals surface area contributed by atoms with Crippen LogP contribution in [-0.2, 0) is 18.5 Å². The minimum atomic E-state index is -0.311. The van der Waals surface area contributed by atoms with Gasteiger partial charge in [-0.15, -0.1) is 0 Å². The van der Waals surface area contributed by atoms with E-state index in [4.69, 9.17) is 4.52 Å². The molecule has 2 aromatic carbocycles. The molecule has 0 spiro atoms. The molecule has 1 N–H and O–H groups in total. The summed E-state index contributed by atoms with van der Waals surface area (Å²) < 4.78 is 5.38. The lowest BCUT2D eigenvalue weighted by molar-refractivity contribution is 0.123. The molecule has 0 radical (unpaired) electrons. The molecule has 1 aromatic heterocycles. The predicted molar refractivity (Wildman–Crippen MR) is 121 cm³/mol. The Morgan fingerprint density at radius 3 is 2.50 bits per heavy atom. The van der Waals surface area contributed by atoms with Crippen LogP contribution in [0, 0.1) is 12.8 Å². The molecule has 7 nitrogen and oxygen atoms in total. The Morgan fingerprint density at radius 1 is 1.09 bits per heavy atom. The maximum absolute atomic E-state index is 13.0. The van der Waals surface area contributed by atoms with Crippen molar-refractivity contribution in [1.82, 2.24) is 25.3 Å². The molecule has 2 atom stereocenters. The minimum Gasteiger partial charge on any atom is -0.340 e. The number of hydrogen-bond acceptors (Lipinski definition) is 5. The van der Waals surface area contributed by atoms with E-state index < -0.39 is 0 Å². The van der Waals surface area contributed by atoms with Crippen LogP contribution in [-0.4, -0.2) is 52.2 Å². The number of nitrogens with one attached hydrogen (secondary N) is 1. The molecule has 7 heteroatoms. The number of aryl methyl sites for hydroxylation is 1. The molecule has 0 aliphatic carbocycles. The number of nitrogens with zero attached hydrogens (tertiary/aromatic N) is 4. The average Bonchev–Trinajstić information content (AvgIpc) is 3.42. The zero-order valence-corrected chi connectivity index (χ0v) is 18.4. The topological polar surface area (TPSA) is 74.5 Å². The van der Waals surface area contributed by atoms with E-state index in [0.717, 1.165) is 44.0 Å². The van der Waals surface area contributed by atoms with E-state index in [-0.39, 0.29) is 11.4 Å². The molecule has 3 aromatic rings. The van der Waals surface area contributed by atoms with Crippen LogP contribution in [0.1, 0.15) is 29.3 Å². The van der Waals surface area contributed by atoms with Gasteiger partial charge in [-0.05, 0) is 23.5 Å². The Morgan fingerprint density at radius 2 is 1.81 bits per heavy atom. The van der Waals surface area contributed by atoms with E-state index in [1.54, 1.807) is 0 Å². The van der Waals surface area contributed by atoms with Gasteiger partial charge in [0.15, 0.2) is 5.82 Å². The van der Waals surface area contributed by atoms with Gasteiger partial charge in [0.25, 0.3) is 0 Å². The fraction of sp³-hybridized carbons (Fsp3) is 0.400. The van der Waals surface area contributed by atoms with Gasteiger partial charge in [0.2, 0.25) is 5.89 Å². The fourth-order valence-corrected chi connectivity index (χ4v) is 5.20. The van der Waals surface area contributed by atoms with Crippen LogP contribution >= 0.6 is 0 Å². The van der Waals surface area contributed by atoms with E-state index in [1.165, 1.54) is 5.56 Å². The first-order valence-corrected chi connectivity index (χ1v) is 11.3. The van der Waals surface area contributed by atoms with Crippen molar-refractivity contribution in [3.8, 4) is 0 Å². The highest BCUT2D eigenvalue weighted by Crippen LogP contribution is 2.43. The number of aromatic nitrogens is 2. The summed E-state index contributed by atoms with van der Waals surface area (Å²) in [6.45, 7) is 6.36. The van der Waals surface area contributed by atoms with Crippen molar-refractivity contribution in [3.05, 3.63) is 83.5 Å². The van der Waals surface area contributed by atoms with E-state index in [9.17, 15) is 4.79 Å². The second kappa shape index (κ2) is 8.74. The van der Waals surface area contributed by atoms with Gasteiger partial charge < -0.3 is 14.7 Å². The van der Waals surface area contributed by atoms with Crippen molar-refractivity contribution in [1.29, 1.82) is 0 Å². The summed E-state index contributed by atoms with van der Waals surface area (Å²) >= 11 is 0. The van der Waals surface area contributed by atoms with Crippen molar-refractivity contribution >= 4 is 6.03 Å². The molecular weight excluding hydrogens is 402 g/mol. The Hall–Kier alpha value is -3.19. The SMILES string of the molecule is Cc1nc([C@@]23CN(Cc4ccccc4)C[C@@H]2CCN(C(=O)NCc2ccccc2)C3)no1. The number of carbonyl (C=O) groups is 1. The number of benzene rings is 2. The molecule has 2 fully saturated rings. The van der Waals surface area contributed by atoms with Crippen molar-refractivity contribution in [2.24, 2.45) is 5.92 Å². The third-order valence-electron chi connectivity index (χ3n) is 6.78. The van der Waals surface area contributed by atoms with Gasteiger partial charge >= 0.3 is 6.03 Å². The first kappa shape index (κ1) is 20.7. The predicted octanol–water partition coefficient (Wildman–Crippen LogP) is 3.36. The third-order valence-corrected chi connectivity index (χ3v) is 6.78. The second-order valence-electron chi connectivity index (χ2n) is 9.00. The summed E-state index contributed by atoms with van der Waals surface area (Å²) in [5.74, 6) is 1.69. The first-order chi connectivity index (χ1) is 15.6. The van der Waals surface area contributed by atoms with Gasteiger partial charge in [-0.3, -0.25) is 4.90 Å². The Balaban J connectivity index is 1.34. The zero-order valence-electron chi connectivity index (χ0n) is 18.4. The Labute approximate surface area is 188 Å². The number of carbonyl (C=O) groups excluding carboxylic acids is 1. The lowest BCUT2D eigenvalue weighted by Crippen LogP contribution is -2.56. The summed E-state index contributed by atoms with van der Waals surface area (Å²) in [5, 5.41) is 7.41. The molecule has 0 unspecified atom stereocenters. The van der Waals surface area contributed by atoms with Crippen molar-refractivity contribution in [3.63, 3.8) is 0 Å². The molecule has 3 heterocycles. The minimum absolute atomic E-state index is 0.0339. The summed E-state index contributed by atoms with van der Waals surface area (Å²) in [4.78, 5) is 22.1. The number of amides is 2. The molecule has 0 saturated carbocycles. The van der Waals surface area contributed by atoms with Gasteiger partial charge in [0.05, 0.1) is 5.41 Å². The maximum Gasteiger partial charge on any atom is 0.317 e. The summed E-state index contributed by atoms with van der Waals surface area (Å²) in [7, 11) is 0. The van der Waals surface area contributed by atoms with E-state index in [2.05, 4.69) is 44.6 Å². The van der Waals surface area contributed by atoms with Crippen LogP contribution < -0.4 is 5.32 Å². The molecule has 2 saturated heterocycles. The lowest BCUT2D eigenvalue weighted by Gasteiger charge is -2.42. The van der Waals surface area contributed by atoms with Gasteiger partial charge in [-0.25, -0.2) is 4.79 Å². The molecule has 5 rings (SSSR count). The molecule has 2 amide bonds. The van der Waals surface area contributed by atoms with E-state index >= 15 is 0 Å². The normalized spacial score (nSPS) is 23.2. The second-order valence-corrected chi connectivity index (χ2v) is 9.00. The Bertz CT molecular complexity index is 1050. The largest absolute Gasteiger partial charge is 0.340 e. The van der Waals surface area contributed by atoms with E-state index in [1.807, 2.05) is 48.2 Å². The number of likely N-dealkylation sites (tertiary alicyclic amines) is 2. The average molecular weight is 432 g/mol. The number of fused-ring (bicyclic) bond motifs is 1. The molecule has 2 aliphatic heterocycles. The Kier molecular flexibility index (Phi) is 5.66.